The summed E-state index contributed by atoms with van der Waals surface area (Å²) in [6, 6.07) is 0. The average molecular weight is 294 g/mol. The van der Waals surface area contributed by atoms with Crippen molar-refractivity contribution in [3.63, 3.8) is 0 Å². The highest BCUT2D eigenvalue weighted by Crippen LogP contribution is 2.56. The number of hydrogen-bond acceptors (Lipinski definition) is 3. The van der Waals surface area contributed by atoms with Crippen LogP contribution in [0.5, 0.6) is 0 Å². The van der Waals surface area contributed by atoms with E-state index in [0.29, 0.717) is 5.89 Å². The molecule has 2 rings (SSSR count). The molecule has 22 heavy (non-hydrogen) atoms. The first-order valence-corrected chi connectivity index (χ1v) is 7.44. The smallest absolute Gasteiger partial charge is 0.191 e. The molecule has 0 bridgehead atoms. The lowest BCUT2D eigenvalue weighted by molar-refractivity contribution is 0.521. The highest BCUT2D eigenvalue weighted by molar-refractivity contribution is 5.65. The molecule has 1 aromatic heterocycles. The predicted octanol–water partition coefficient (Wildman–Crippen LogP) is 4.57. The van der Waals surface area contributed by atoms with Gasteiger partial charge in [0.15, 0.2) is 5.89 Å². The minimum absolute atomic E-state index is 0.0156. The van der Waals surface area contributed by atoms with Crippen molar-refractivity contribution < 1.29 is 4.42 Å². The Labute approximate surface area is 132 Å². The SMILES string of the molecule is C#C[C@@H](C=N)C1(/C(C)=C/C=C/C(C)=C/c2coc(C)n2)CC1. The number of nitrogens with zero attached hydrogens (tertiary/aromatic N) is 1. The highest BCUT2D eigenvalue weighted by atomic mass is 16.3. The molecule has 3 nitrogen and oxygen atoms in total. The minimum Gasteiger partial charge on any atom is -0.449 e. The van der Waals surface area contributed by atoms with Gasteiger partial charge in [-0.25, -0.2) is 4.98 Å². The molecule has 0 saturated heterocycles. The number of rotatable bonds is 6. The van der Waals surface area contributed by atoms with Crippen molar-refractivity contribution in [2.75, 3.05) is 0 Å². The van der Waals surface area contributed by atoms with Crippen molar-refractivity contribution >= 4 is 12.3 Å². The molecule has 0 aromatic carbocycles. The zero-order chi connectivity index (χ0) is 16.2. The van der Waals surface area contributed by atoms with E-state index < -0.39 is 0 Å². The summed E-state index contributed by atoms with van der Waals surface area (Å²) in [5.74, 6) is 3.31. The lowest BCUT2D eigenvalue weighted by atomic mass is 9.84. The van der Waals surface area contributed by atoms with Crippen LogP contribution in [-0.2, 0) is 0 Å². The molecule has 1 aliphatic carbocycles. The van der Waals surface area contributed by atoms with Crippen molar-refractivity contribution in [2.45, 2.75) is 33.6 Å². The molecule has 1 atom stereocenters. The van der Waals surface area contributed by atoms with Gasteiger partial charge in [0.25, 0.3) is 0 Å². The minimum atomic E-state index is -0.0908. The average Bonchev–Trinajstić information content (AvgIpc) is 3.18. The Morgan fingerprint density at radius 2 is 2.23 bits per heavy atom. The number of aryl methyl sites for hydroxylation is 1. The lowest BCUT2D eigenvalue weighted by Gasteiger charge is -2.19. The normalized spacial score (nSPS) is 19.0. The zero-order valence-electron chi connectivity index (χ0n) is 13.4. The molecule has 0 radical (unpaired) electrons. The molecule has 0 amide bonds. The van der Waals surface area contributed by atoms with Gasteiger partial charge in [0.2, 0.25) is 0 Å². The largest absolute Gasteiger partial charge is 0.449 e. The standard InChI is InChI=1S/C19H22N2O/c1-5-17(12-20)19(9-10-19)15(3)8-6-7-14(2)11-18-13-22-16(4)21-18/h1,6-8,11-13,17,20H,9-10H2,2-4H3/b7-6+,14-11+,15-8+,20-12?/t17-/m0/s1. The van der Waals surface area contributed by atoms with Gasteiger partial charge < -0.3 is 9.83 Å². The summed E-state index contributed by atoms with van der Waals surface area (Å²) in [6.07, 6.45) is 18.9. The quantitative estimate of drug-likeness (QED) is 0.474. The Morgan fingerprint density at radius 3 is 2.73 bits per heavy atom. The summed E-state index contributed by atoms with van der Waals surface area (Å²) in [7, 11) is 0. The van der Waals surface area contributed by atoms with E-state index >= 15 is 0 Å². The van der Waals surface area contributed by atoms with Crippen molar-refractivity contribution in [1.82, 2.24) is 4.98 Å². The molecule has 3 heteroatoms. The second-order valence-electron chi connectivity index (χ2n) is 5.86. The molecule has 0 unspecified atom stereocenters. The molecule has 1 aromatic rings. The van der Waals surface area contributed by atoms with E-state index in [-0.39, 0.29) is 11.3 Å². The Hall–Kier alpha value is -2.34. The number of hydrogen-bond donors (Lipinski definition) is 1. The maximum Gasteiger partial charge on any atom is 0.191 e. The third-order valence-electron chi connectivity index (χ3n) is 4.23. The van der Waals surface area contributed by atoms with Crippen molar-refractivity contribution in [2.24, 2.45) is 11.3 Å². The van der Waals surface area contributed by atoms with Crippen LogP contribution in [0.4, 0.5) is 0 Å². The van der Waals surface area contributed by atoms with Crippen LogP contribution in [0.25, 0.3) is 6.08 Å². The molecule has 1 fully saturated rings. The summed E-state index contributed by atoms with van der Waals surface area (Å²) in [5, 5.41) is 7.48. The van der Waals surface area contributed by atoms with Gasteiger partial charge in [-0.2, -0.15) is 0 Å². The van der Waals surface area contributed by atoms with Crippen LogP contribution in [0.2, 0.25) is 0 Å². The van der Waals surface area contributed by atoms with Gasteiger partial charge in [0.05, 0.1) is 5.92 Å². The van der Waals surface area contributed by atoms with Gasteiger partial charge in [0.1, 0.15) is 12.0 Å². The monoisotopic (exact) mass is 294 g/mol. The lowest BCUT2D eigenvalue weighted by Crippen LogP contribution is -2.16. The fraction of sp³-hybridized carbons (Fsp3) is 0.368. The Morgan fingerprint density at radius 1 is 1.50 bits per heavy atom. The van der Waals surface area contributed by atoms with E-state index in [2.05, 4.69) is 23.9 Å². The summed E-state index contributed by atoms with van der Waals surface area (Å²) in [5.41, 5.74) is 3.19. The third-order valence-corrected chi connectivity index (χ3v) is 4.23. The number of aromatic nitrogens is 1. The number of terminal acetylenes is 1. The van der Waals surface area contributed by atoms with Gasteiger partial charge >= 0.3 is 0 Å². The van der Waals surface area contributed by atoms with Gasteiger partial charge in [-0.3, -0.25) is 0 Å². The van der Waals surface area contributed by atoms with Gasteiger partial charge in [0, 0.05) is 18.6 Å². The van der Waals surface area contributed by atoms with Crippen LogP contribution in [0, 0.1) is 36.0 Å². The van der Waals surface area contributed by atoms with Crippen LogP contribution in [0.15, 0.2) is 40.1 Å². The summed E-state index contributed by atoms with van der Waals surface area (Å²) in [4.78, 5) is 4.25. The molecule has 1 heterocycles. The number of oxazole rings is 1. The first-order valence-electron chi connectivity index (χ1n) is 7.44. The maximum absolute atomic E-state index is 7.48. The highest BCUT2D eigenvalue weighted by Gasteiger charge is 2.49. The maximum atomic E-state index is 7.48. The molecule has 1 aliphatic rings. The van der Waals surface area contributed by atoms with Gasteiger partial charge in [-0.1, -0.05) is 29.7 Å². The van der Waals surface area contributed by atoms with Crippen LogP contribution in [-0.4, -0.2) is 11.2 Å². The molecule has 0 spiro atoms. The topological polar surface area (TPSA) is 49.9 Å². The Kier molecular flexibility index (Phi) is 4.82. The molecule has 1 saturated carbocycles. The third kappa shape index (κ3) is 3.46. The van der Waals surface area contributed by atoms with E-state index in [1.807, 2.05) is 32.1 Å². The summed E-state index contributed by atoms with van der Waals surface area (Å²) in [6.45, 7) is 5.96. The first-order chi connectivity index (χ1) is 10.5. The van der Waals surface area contributed by atoms with E-state index in [0.717, 1.165) is 24.1 Å². The van der Waals surface area contributed by atoms with Crippen LogP contribution in [0.3, 0.4) is 0 Å². The molecule has 1 N–H and O–H groups in total. The van der Waals surface area contributed by atoms with Crippen LogP contribution in [0.1, 0.15) is 38.3 Å². The van der Waals surface area contributed by atoms with E-state index in [1.165, 1.54) is 11.8 Å². The first kappa shape index (κ1) is 16.0. The van der Waals surface area contributed by atoms with Crippen LogP contribution >= 0.6 is 0 Å². The fourth-order valence-corrected chi connectivity index (χ4v) is 2.69. The summed E-state index contributed by atoms with van der Waals surface area (Å²) < 4.78 is 5.18. The van der Waals surface area contributed by atoms with E-state index in [9.17, 15) is 0 Å². The van der Waals surface area contributed by atoms with Gasteiger partial charge in [-0.15, -0.1) is 6.42 Å². The van der Waals surface area contributed by atoms with Gasteiger partial charge in [-0.05, 0) is 38.3 Å². The zero-order valence-corrected chi connectivity index (χ0v) is 13.4. The van der Waals surface area contributed by atoms with E-state index in [1.54, 1.807) is 6.26 Å². The van der Waals surface area contributed by atoms with Crippen LogP contribution < -0.4 is 0 Å². The summed E-state index contributed by atoms with van der Waals surface area (Å²) >= 11 is 0. The van der Waals surface area contributed by atoms with Crippen molar-refractivity contribution in [3.05, 3.63) is 47.2 Å². The van der Waals surface area contributed by atoms with Crippen molar-refractivity contribution in [1.29, 1.82) is 5.41 Å². The number of allylic oxidation sites excluding steroid dienone is 5. The molecule has 0 aliphatic heterocycles. The Balaban J connectivity index is 2.06. The van der Waals surface area contributed by atoms with Crippen molar-refractivity contribution in [3.8, 4) is 12.3 Å². The molecule has 114 valence electrons. The van der Waals surface area contributed by atoms with E-state index in [4.69, 9.17) is 16.2 Å². The predicted molar refractivity (Wildman–Crippen MR) is 90.6 cm³/mol. The second kappa shape index (κ2) is 6.62. The molecular weight excluding hydrogens is 272 g/mol. The molecular formula is C19H22N2O. The fourth-order valence-electron chi connectivity index (χ4n) is 2.69. The second-order valence-corrected chi connectivity index (χ2v) is 5.86. The Bertz CT molecular complexity index is 679. The number of nitrogens with one attached hydrogen (secondary N) is 1.